The highest BCUT2D eigenvalue weighted by Gasteiger charge is 1.98. The van der Waals surface area contributed by atoms with E-state index in [1.54, 1.807) is 0 Å². The summed E-state index contributed by atoms with van der Waals surface area (Å²) in [5, 5.41) is 11.3. The molecule has 4 heteroatoms. The van der Waals surface area contributed by atoms with Crippen LogP contribution in [-0.2, 0) is 9.53 Å². The molecule has 1 rings (SSSR count). The van der Waals surface area contributed by atoms with Gasteiger partial charge in [0.1, 0.15) is 0 Å². The highest BCUT2D eigenvalue weighted by molar-refractivity contribution is 5.94. The summed E-state index contributed by atoms with van der Waals surface area (Å²) in [7, 11) is 1.31. The van der Waals surface area contributed by atoms with E-state index in [1.165, 1.54) is 7.11 Å². The Morgan fingerprint density at radius 2 is 2.42 bits per heavy atom. The van der Waals surface area contributed by atoms with Gasteiger partial charge in [0.2, 0.25) is 0 Å². The zero-order valence-corrected chi connectivity index (χ0v) is 7.06. The number of methoxy groups -OCH3 is 1. The molecule has 0 heterocycles. The summed E-state index contributed by atoms with van der Waals surface area (Å²) >= 11 is 0. The van der Waals surface area contributed by atoms with Crippen molar-refractivity contribution in [3.63, 3.8) is 0 Å². The Hall–Kier alpha value is -1.32. The quantitative estimate of drug-likeness (QED) is 0.368. The first-order chi connectivity index (χ1) is 5.85. The third-order valence-corrected chi connectivity index (χ3v) is 1.34. The number of oxime groups is 1. The van der Waals surface area contributed by atoms with Crippen molar-refractivity contribution in [1.29, 1.82) is 0 Å². The van der Waals surface area contributed by atoms with E-state index in [0.29, 0.717) is 6.47 Å². The summed E-state index contributed by atoms with van der Waals surface area (Å²) in [6.07, 6.45) is 7.06. The second kappa shape index (κ2) is 7.78. The van der Waals surface area contributed by atoms with Crippen LogP contribution in [0.5, 0.6) is 0 Å². The van der Waals surface area contributed by atoms with Crippen molar-refractivity contribution in [1.82, 2.24) is 0 Å². The number of allylic oxidation sites excluding steroid dienone is 2. The Bertz CT molecular complexity index is 175. The molecule has 0 unspecified atom stereocenters. The number of hydrogen-bond acceptors (Lipinski definition) is 4. The summed E-state index contributed by atoms with van der Waals surface area (Å²) in [6.45, 7) is 0.375. The topological polar surface area (TPSA) is 58.9 Å². The van der Waals surface area contributed by atoms with Crippen molar-refractivity contribution in [2.24, 2.45) is 5.16 Å². The highest BCUT2D eigenvalue weighted by Crippen LogP contribution is 2.06. The fraction of sp³-hybridized carbons (Fsp3) is 0.500. The van der Waals surface area contributed by atoms with Gasteiger partial charge in [-0.1, -0.05) is 11.2 Å². The zero-order valence-electron chi connectivity index (χ0n) is 7.06. The van der Waals surface area contributed by atoms with Crippen LogP contribution in [0.3, 0.4) is 0 Å². The molecule has 0 spiro atoms. The average Bonchev–Trinajstić information content (AvgIpc) is 2.19. The van der Waals surface area contributed by atoms with Crippen LogP contribution in [0, 0.1) is 0 Å². The Labute approximate surface area is 71.5 Å². The molecule has 0 aromatic heterocycles. The fourth-order valence-corrected chi connectivity index (χ4v) is 0.787. The van der Waals surface area contributed by atoms with Gasteiger partial charge in [0, 0.05) is 0 Å². The normalized spacial score (nSPS) is 17.9. The molecule has 0 aromatic rings. The number of hydrogen-bond donors (Lipinski definition) is 1. The molecule has 1 aliphatic rings. The van der Waals surface area contributed by atoms with Gasteiger partial charge in [0.05, 0.1) is 12.8 Å². The number of rotatable bonds is 1. The van der Waals surface area contributed by atoms with E-state index in [9.17, 15) is 0 Å². The molecule has 0 atom stereocenters. The Morgan fingerprint density at radius 3 is 2.67 bits per heavy atom. The largest absolute Gasteiger partial charge is 0.471 e. The van der Waals surface area contributed by atoms with Crippen molar-refractivity contribution >= 4 is 12.2 Å². The SMILES string of the molecule is COC=O.ON=C1C=CCCC1. The highest BCUT2D eigenvalue weighted by atomic mass is 16.5. The molecule has 0 radical (unpaired) electrons. The van der Waals surface area contributed by atoms with Gasteiger partial charge in [-0.2, -0.15) is 0 Å². The van der Waals surface area contributed by atoms with Crippen LogP contribution >= 0.6 is 0 Å². The van der Waals surface area contributed by atoms with Gasteiger partial charge in [-0.05, 0) is 25.3 Å². The lowest BCUT2D eigenvalue weighted by atomic mass is 10.1. The van der Waals surface area contributed by atoms with Gasteiger partial charge in [-0.25, -0.2) is 0 Å². The summed E-state index contributed by atoms with van der Waals surface area (Å²) in [4.78, 5) is 8.95. The number of carbonyl (C=O) groups excluding carboxylic acids is 1. The minimum Gasteiger partial charge on any atom is -0.471 e. The lowest BCUT2D eigenvalue weighted by Crippen LogP contribution is -1.97. The second-order valence-electron chi connectivity index (χ2n) is 2.22. The summed E-state index contributed by atoms with van der Waals surface area (Å²) in [5.74, 6) is 0. The van der Waals surface area contributed by atoms with Crippen molar-refractivity contribution in [3.8, 4) is 0 Å². The molecule has 68 valence electrons. The summed E-state index contributed by atoms with van der Waals surface area (Å²) in [5.41, 5.74) is 0.802. The van der Waals surface area contributed by atoms with E-state index in [4.69, 9.17) is 10.0 Å². The van der Waals surface area contributed by atoms with E-state index in [2.05, 4.69) is 9.89 Å². The minimum absolute atomic E-state index is 0.375. The van der Waals surface area contributed by atoms with Crippen LogP contribution in [0.2, 0.25) is 0 Å². The van der Waals surface area contributed by atoms with Crippen LogP contribution in [0.1, 0.15) is 19.3 Å². The first kappa shape index (κ1) is 10.7. The van der Waals surface area contributed by atoms with Gasteiger partial charge in [-0.15, -0.1) is 0 Å². The van der Waals surface area contributed by atoms with Gasteiger partial charge >= 0.3 is 0 Å². The molecule has 0 bridgehead atoms. The van der Waals surface area contributed by atoms with E-state index in [-0.39, 0.29) is 0 Å². The molecule has 0 amide bonds. The van der Waals surface area contributed by atoms with Crippen molar-refractivity contribution in [2.45, 2.75) is 19.3 Å². The monoisotopic (exact) mass is 171 g/mol. The van der Waals surface area contributed by atoms with Gasteiger partial charge in [-0.3, -0.25) is 4.79 Å². The number of nitrogens with zero attached hydrogens (tertiary/aromatic N) is 1. The fourth-order valence-electron chi connectivity index (χ4n) is 0.787. The maximum atomic E-state index is 8.95. The van der Waals surface area contributed by atoms with E-state index in [0.717, 1.165) is 25.0 Å². The van der Waals surface area contributed by atoms with Gasteiger partial charge in [0.15, 0.2) is 0 Å². The van der Waals surface area contributed by atoms with Crippen LogP contribution in [0.25, 0.3) is 0 Å². The third kappa shape index (κ3) is 5.46. The Morgan fingerprint density at radius 1 is 1.75 bits per heavy atom. The summed E-state index contributed by atoms with van der Waals surface area (Å²) < 4.78 is 3.86. The minimum atomic E-state index is 0.375. The molecule has 12 heavy (non-hydrogen) atoms. The standard InChI is InChI=1S/C6H9NO.C2H4O2/c8-7-6-4-2-1-3-5-6;1-4-2-3/h2,4,8H,1,3,5H2;2H,1H3. The Kier molecular flexibility index (Phi) is 6.93. The lowest BCUT2D eigenvalue weighted by molar-refractivity contribution is -0.126. The van der Waals surface area contributed by atoms with Crippen molar-refractivity contribution in [2.75, 3.05) is 7.11 Å². The third-order valence-electron chi connectivity index (χ3n) is 1.34. The zero-order chi connectivity index (χ0) is 9.23. The van der Waals surface area contributed by atoms with Crippen LogP contribution in [0.15, 0.2) is 17.3 Å². The lowest BCUT2D eigenvalue weighted by Gasteiger charge is -2.01. The molecule has 1 N–H and O–H groups in total. The number of ether oxygens (including phenoxy) is 1. The van der Waals surface area contributed by atoms with Crippen molar-refractivity contribution < 1.29 is 14.7 Å². The van der Waals surface area contributed by atoms with Gasteiger partial charge < -0.3 is 9.94 Å². The second-order valence-corrected chi connectivity index (χ2v) is 2.22. The van der Waals surface area contributed by atoms with Crippen LogP contribution in [-0.4, -0.2) is 24.5 Å². The van der Waals surface area contributed by atoms with E-state index < -0.39 is 0 Å². The molecule has 0 aliphatic heterocycles. The number of carbonyl (C=O) groups is 1. The smallest absolute Gasteiger partial charge is 0.292 e. The van der Waals surface area contributed by atoms with Crippen molar-refractivity contribution in [3.05, 3.63) is 12.2 Å². The predicted octanol–water partition coefficient (Wildman–Crippen LogP) is 1.35. The molecule has 1 aliphatic carbocycles. The maximum absolute atomic E-state index is 8.95. The molecule has 0 saturated carbocycles. The molecule has 0 saturated heterocycles. The first-order valence-corrected chi connectivity index (χ1v) is 3.69. The maximum Gasteiger partial charge on any atom is 0.292 e. The molecule has 0 aromatic carbocycles. The predicted molar refractivity (Wildman–Crippen MR) is 45.3 cm³/mol. The van der Waals surface area contributed by atoms with Crippen LogP contribution < -0.4 is 0 Å². The average molecular weight is 171 g/mol. The van der Waals surface area contributed by atoms with Gasteiger partial charge in [0.25, 0.3) is 6.47 Å². The van der Waals surface area contributed by atoms with E-state index in [1.807, 2.05) is 12.2 Å². The summed E-state index contributed by atoms with van der Waals surface area (Å²) in [6, 6.07) is 0. The van der Waals surface area contributed by atoms with Crippen LogP contribution in [0.4, 0.5) is 0 Å². The molecular formula is C8H13NO3. The Balaban J connectivity index is 0.000000261. The van der Waals surface area contributed by atoms with E-state index >= 15 is 0 Å². The molecule has 4 nitrogen and oxygen atoms in total. The first-order valence-electron chi connectivity index (χ1n) is 3.69. The molecule has 0 fully saturated rings. The molecular weight excluding hydrogens is 158 g/mol.